The van der Waals surface area contributed by atoms with Gasteiger partial charge in [0.1, 0.15) is 0 Å². The number of carboxylic acid groups (broad SMARTS) is 1. The molecule has 0 spiro atoms. The molecule has 0 saturated carbocycles. The molecule has 0 aromatic rings. The fourth-order valence-electron chi connectivity index (χ4n) is 2.20. The minimum atomic E-state index is -0.769. The highest BCUT2D eigenvalue weighted by molar-refractivity contribution is 5.79. The fraction of sp³-hybridized carbons (Fsp3) is 0.833. The first kappa shape index (κ1) is 14.0. The van der Waals surface area contributed by atoms with Gasteiger partial charge < -0.3 is 10.0 Å². The van der Waals surface area contributed by atoms with E-state index in [4.69, 9.17) is 5.11 Å². The monoisotopic (exact) mass is 242 g/mol. The van der Waals surface area contributed by atoms with Crippen LogP contribution in [-0.4, -0.2) is 59.5 Å². The number of aliphatic carboxylic acids is 1. The van der Waals surface area contributed by atoms with Crippen molar-refractivity contribution in [2.45, 2.75) is 32.7 Å². The van der Waals surface area contributed by atoms with Crippen molar-refractivity contribution in [2.24, 2.45) is 5.92 Å². The van der Waals surface area contributed by atoms with E-state index in [1.807, 2.05) is 0 Å². The molecule has 0 aliphatic carbocycles. The van der Waals surface area contributed by atoms with Crippen LogP contribution in [0.4, 0.5) is 0 Å². The van der Waals surface area contributed by atoms with Gasteiger partial charge in [-0.25, -0.2) is 0 Å². The summed E-state index contributed by atoms with van der Waals surface area (Å²) in [5, 5.41) is 8.73. The maximum Gasteiger partial charge on any atom is 0.303 e. The van der Waals surface area contributed by atoms with Gasteiger partial charge in [0.15, 0.2) is 0 Å². The Morgan fingerprint density at radius 2 is 2.18 bits per heavy atom. The van der Waals surface area contributed by atoms with E-state index in [2.05, 4.69) is 18.7 Å². The SMILES string of the molecule is CC(C)CN1CC(=O)N(C)CC1CCC(=O)O. The Bertz CT molecular complexity index is 291. The van der Waals surface area contributed by atoms with E-state index in [-0.39, 0.29) is 18.4 Å². The topological polar surface area (TPSA) is 60.9 Å². The lowest BCUT2D eigenvalue weighted by Gasteiger charge is -2.40. The average Bonchev–Trinajstić information content (AvgIpc) is 2.20. The first-order chi connectivity index (χ1) is 7.90. The molecule has 1 unspecified atom stereocenters. The number of hydrogen-bond acceptors (Lipinski definition) is 3. The van der Waals surface area contributed by atoms with Crippen LogP contribution in [0.15, 0.2) is 0 Å². The van der Waals surface area contributed by atoms with Crippen LogP contribution in [0.3, 0.4) is 0 Å². The summed E-state index contributed by atoms with van der Waals surface area (Å²) in [6.07, 6.45) is 0.779. The molecule has 5 nitrogen and oxygen atoms in total. The Labute approximate surface area is 102 Å². The molecule has 1 atom stereocenters. The third-order valence-corrected chi connectivity index (χ3v) is 3.06. The number of carbonyl (C=O) groups is 2. The quantitative estimate of drug-likeness (QED) is 0.769. The van der Waals surface area contributed by atoms with Crippen LogP contribution in [0.25, 0.3) is 0 Å². The van der Waals surface area contributed by atoms with Crippen LogP contribution < -0.4 is 0 Å². The van der Waals surface area contributed by atoms with Crippen molar-refractivity contribution >= 4 is 11.9 Å². The molecule has 0 radical (unpaired) electrons. The minimum absolute atomic E-state index is 0.122. The van der Waals surface area contributed by atoms with Gasteiger partial charge in [0.05, 0.1) is 6.54 Å². The molecule has 1 saturated heterocycles. The lowest BCUT2D eigenvalue weighted by molar-refractivity contribution is -0.139. The van der Waals surface area contributed by atoms with Crippen molar-refractivity contribution in [1.29, 1.82) is 0 Å². The van der Waals surface area contributed by atoms with E-state index < -0.39 is 5.97 Å². The first-order valence-electron chi connectivity index (χ1n) is 6.10. The fourth-order valence-corrected chi connectivity index (χ4v) is 2.20. The van der Waals surface area contributed by atoms with Crippen LogP contribution in [-0.2, 0) is 9.59 Å². The number of piperazine rings is 1. The summed E-state index contributed by atoms with van der Waals surface area (Å²) in [5.74, 6) is -0.162. The molecule has 1 aliphatic rings. The highest BCUT2D eigenvalue weighted by Gasteiger charge is 2.30. The highest BCUT2D eigenvalue weighted by atomic mass is 16.4. The van der Waals surface area contributed by atoms with Crippen molar-refractivity contribution in [3.8, 4) is 0 Å². The number of carboxylic acids is 1. The minimum Gasteiger partial charge on any atom is -0.481 e. The van der Waals surface area contributed by atoms with Gasteiger partial charge in [-0.05, 0) is 12.3 Å². The summed E-state index contributed by atoms with van der Waals surface area (Å²) in [7, 11) is 1.78. The van der Waals surface area contributed by atoms with Crippen molar-refractivity contribution < 1.29 is 14.7 Å². The van der Waals surface area contributed by atoms with E-state index in [1.54, 1.807) is 11.9 Å². The molecular weight excluding hydrogens is 220 g/mol. The van der Waals surface area contributed by atoms with Gasteiger partial charge in [-0.2, -0.15) is 0 Å². The largest absolute Gasteiger partial charge is 0.481 e. The smallest absolute Gasteiger partial charge is 0.303 e. The molecule has 1 N–H and O–H groups in total. The van der Waals surface area contributed by atoms with Crippen LogP contribution in [0.1, 0.15) is 26.7 Å². The Morgan fingerprint density at radius 3 is 2.71 bits per heavy atom. The molecule has 1 amide bonds. The Hall–Kier alpha value is -1.10. The van der Waals surface area contributed by atoms with Crippen LogP contribution >= 0.6 is 0 Å². The number of likely N-dealkylation sites (N-methyl/N-ethyl adjacent to an activating group) is 1. The Balaban J connectivity index is 2.60. The Morgan fingerprint density at radius 1 is 1.53 bits per heavy atom. The second-order valence-corrected chi connectivity index (χ2v) is 5.18. The van der Waals surface area contributed by atoms with Gasteiger partial charge in [-0.15, -0.1) is 0 Å². The zero-order chi connectivity index (χ0) is 13.0. The molecule has 0 aromatic heterocycles. The van der Waals surface area contributed by atoms with Crippen molar-refractivity contribution in [2.75, 3.05) is 26.7 Å². The number of rotatable bonds is 5. The summed E-state index contributed by atoms with van der Waals surface area (Å²) in [6.45, 7) is 6.12. The van der Waals surface area contributed by atoms with Crippen LogP contribution in [0, 0.1) is 5.92 Å². The van der Waals surface area contributed by atoms with E-state index in [0.717, 1.165) is 6.54 Å². The molecule has 1 aliphatic heterocycles. The van der Waals surface area contributed by atoms with E-state index in [9.17, 15) is 9.59 Å². The van der Waals surface area contributed by atoms with Gasteiger partial charge in [0.2, 0.25) is 5.91 Å². The molecule has 0 bridgehead atoms. The zero-order valence-electron chi connectivity index (χ0n) is 10.8. The highest BCUT2D eigenvalue weighted by Crippen LogP contribution is 2.16. The number of amides is 1. The molecule has 1 fully saturated rings. The second-order valence-electron chi connectivity index (χ2n) is 5.18. The third-order valence-electron chi connectivity index (χ3n) is 3.06. The summed E-state index contributed by atoms with van der Waals surface area (Å²) < 4.78 is 0. The van der Waals surface area contributed by atoms with Gasteiger partial charge in [0.25, 0.3) is 0 Å². The summed E-state index contributed by atoms with van der Waals surface area (Å²) >= 11 is 0. The number of carbonyl (C=O) groups excluding carboxylic acids is 1. The third kappa shape index (κ3) is 4.34. The lowest BCUT2D eigenvalue weighted by Crippen LogP contribution is -2.55. The predicted molar refractivity (Wildman–Crippen MR) is 64.7 cm³/mol. The average molecular weight is 242 g/mol. The molecular formula is C12H22N2O3. The van der Waals surface area contributed by atoms with E-state index in [1.165, 1.54) is 0 Å². The Kier molecular flexibility index (Phi) is 4.93. The number of nitrogens with zero attached hydrogens (tertiary/aromatic N) is 2. The van der Waals surface area contributed by atoms with Crippen LogP contribution in [0.2, 0.25) is 0 Å². The standard InChI is InChI=1S/C12H22N2O3/c1-9(2)6-14-8-11(15)13(3)7-10(14)4-5-12(16)17/h9-10H,4-8H2,1-3H3,(H,16,17). The van der Waals surface area contributed by atoms with Crippen molar-refractivity contribution in [3.63, 3.8) is 0 Å². The second kappa shape index (κ2) is 6.00. The molecule has 98 valence electrons. The van der Waals surface area contributed by atoms with Gasteiger partial charge in [0, 0.05) is 32.6 Å². The van der Waals surface area contributed by atoms with Gasteiger partial charge in [-0.3, -0.25) is 14.5 Å². The van der Waals surface area contributed by atoms with Gasteiger partial charge >= 0.3 is 5.97 Å². The maximum atomic E-state index is 11.6. The zero-order valence-corrected chi connectivity index (χ0v) is 10.8. The molecule has 1 rings (SSSR count). The van der Waals surface area contributed by atoms with E-state index >= 15 is 0 Å². The van der Waals surface area contributed by atoms with E-state index in [0.29, 0.717) is 25.4 Å². The molecule has 17 heavy (non-hydrogen) atoms. The molecule has 0 aromatic carbocycles. The first-order valence-corrected chi connectivity index (χ1v) is 6.10. The number of hydrogen-bond donors (Lipinski definition) is 1. The normalized spacial score (nSPS) is 22.2. The summed E-state index contributed by atoms with van der Waals surface area (Å²) in [5.41, 5.74) is 0. The van der Waals surface area contributed by atoms with Crippen LogP contribution in [0.5, 0.6) is 0 Å². The lowest BCUT2D eigenvalue weighted by atomic mass is 10.0. The maximum absolute atomic E-state index is 11.6. The van der Waals surface area contributed by atoms with Crippen molar-refractivity contribution in [1.82, 2.24) is 9.80 Å². The molecule has 1 heterocycles. The molecule has 5 heteroatoms. The summed E-state index contributed by atoms with van der Waals surface area (Å²) in [4.78, 5) is 26.1. The predicted octanol–water partition coefficient (Wildman–Crippen LogP) is 0.650. The van der Waals surface area contributed by atoms with Crippen molar-refractivity contribution in [3.05, 3.63) is 0 Å². The van der Waals surface area contributed by atoms with Gasteiger partial charge in [-0.1, -0.05) is 13.8 Å². The summed E-state index contributed by atoms with van der Waals surface area (Å²) in [6, 6.07) is 0.177.